The first-order valence-electron chi connectivity index (χ1n) is 8.28. The molecule has 1 heterocycles. The number of methoxy groups -OCH3 is 1. The highest BCUT2D eigenvalue weighted by Crippen LogP contribution is 2.30. The number of esters is 1. The molecule has 0 aliphatic rings. The predicted molar refractivity (Wildman–Crippen MR) is 112 cm³/mol. The van der Waals surface area contributed by atoms with Crippen LogP contribution < -0.4 is 16.1 Å². The van der Waals surface area contributed by atoms with E-state index in [4.69, 9.17) is 28.6 Å². The Bertz CT molecular complexity index is 1150. The minimum absolute atomic E-state index is 0.0473. The molecule has 13 heteroatoms. The van der Waals surface area contributed by atoms with Crippen molar-refractivity contribution in [2.75, 3.05) is 12.9 Å². The van der Waals surface area contributed by atoms with Crippen molar-refractivity contribution >= 4 is 46.7 Å². The van der Waals surface area contributed by atoms with Crippen LogP contribution in [0.25, 0.3) is 5.69 Å². The molecule has 1 unspecified atom stereocenters. The zero-order valence-corrected chi connectivity index (χ0v) is 18.7. The third-order valence-electron chi connectivity index (χ3n) is 3.97. The first kappa shape index (κ1) is 23.8. The smallest absolute Gasteiger partial charge is 0.338 e. The second-order valence-corrected chi connectivity index (χ2v) is 7.73. The first-order valence-corrected chi connectivity index (χ1v) is 10.0. The van der Waals surface area contributed by atoms with E-state index in [1.807, 2.05) is 0 Å². The van der Waals surface area contributed by atoms with Crippen LogP contribution in [0.5, 0.6) is 5.75 Å². The summed E-state index contributed by atoms with van der Waals surface area (Å²) in [5.74, 6) is -1.88. The van der Waals surface area contributed by atoms with Crippen LogP contribution in [0.3, 0.4) is 0 Å². The number of hydrogen-bond donors (Lipinski definition) is 0. The third kappa shape index (κ3) is 4.82. The van der Waals surface area contributed by atoms with E-state index in [2.05, 4.69) is 4.74 Å². The lowest BCUT2D eigenvalue weighted by atomic mass is 10.2. The van der Waals surface area contributed by atoms with Gasteiger partial charge in [-0.1, -0.05) is 23.4 Å². The van der Waals surface area contributed by atoms with Crippen molar-refractivity contribution in [3.05, 3.63) is 48.7 Å². The van der Waals surface area contributed by atoms with E-state index in [0.29, 0.717) is 16.3 Å². The van der Waals surface area contributed by atoms with Gasteiger partial charge in [-0.2, -0.15) is 0 Å². The number of benzene rings is 1. The minimum atomic E-state index is -1.07. The summed E-state index contributed by atoms with van der Waals surface area (Å²) in [6, 6.07) is 1.90. The summed E-state index contributed by atoms with van der Waals surface area (Å²) in [6.07, 6.45) is -1.07. The van der Waals surface area contributed by atoms with Crippen LogP contribution >= 0.6 is 35.6 Å². The van der Waals surface area contributed by atoms with Crippen LogP contribution in [0.4, 0.5) is 4.39 Å². The number of ether oxygens (including phenoxy) is 2. The van der Waals surface area contributed by atoms with Gasteiger partial charge >= 0.3 is 17.3 Å². The number of nitrogens with zero attached hydrogens (tertiary/aromatic N) is 3. The van der Waals surface area contributed by atoms with Gasteiger partial charge in [0.15, 0.2) is 10.9 Å². The van der Waals surface area contributed by atoms with Crippen molar-refractivity contribution in [2.45, 2.75) is 13.0 Å². The second-order valence-electron chi connectivity index (χ2n) is 5.98. The summed E-state index contributed by atoms with van der Waals surface area (Å²) in [4.78, 5) is 48.3. The Morgan fingerprint density at radius 1 is 1.23 bits per heavy atom. The van der Waals surface area contributed by atoms with Gasteiger partial charge in [0, 0.05) is 20.2 Å². The molecule has 1 aromatic heterocycles. The fourth-order valence-corrected chi connectivity index (χ4v) is 3.31. The van der Waals surface area contributed by atoms with Gasteiger partial charge in [0.1, 0.15) is 11.6 Å². The number of thioether (sulfide) groups is 1. The lowest BCUT2D eigenvalue weighted by Gasteiger charge is -2.16. The fourth-order valence-electron chi connectivity index (χ4n) is 2.30. The van der Waals surface area contributed by atoms with Gasteiger partial charge in [-0.3, -0.25) is 18.7 Å². The van der Waals surface area contributed by atoms with Gasteiger partial charge in [-0.15, -0.1) is 0 Å². The number of aromatic nitrogens is 3. The molecule has 30 heavy (non-hydrogen) atoms. The molecule has 0 N–H and O–H groups in total. The molecular weight excluding hydrogens is 461 g/mol. The molecule has 0 amide bonds. The van der Waals surface area contributed by atoms with E-state index in [9.17, 15) is 23.6 Å². The van der Waals surface area contributed by atoms with Gasteiger partial charge in [-0.25, -0.2) is 18.5 Å². The molecule has 0 aliphatic heterocycles. The SMILES string of the molecule is COC(=O)CSC(=O)C(C)Oc1cc(-n2c(=O)n(C)c(=S)n(C)c2=O)c(F)cc1Cl. The second kappa shape index (κ2) is 9.58. The summed E-state index contributed by atoms with van der Waals surface area (Å²) < 4.78 is 27.0. The number of halogens is 2. The predicted octanol–water partition coefficient (Wildman–Crippen LogP) is 1.60. The maximum atomic E-state index is 14.6. The maximum absolute atomic E-state index is 14.6. The fraction of sp³-hybridized carbons (Fsp3) is 0.353. The third-order valence-corrected chi connectivity index (χ3v) is 5.81. The number of carbonyl (C=O) groups is 2. The lowest BCUT2D eigenvalue weighted by Crippen LogP contribution is -2.43. The van der Waals surface area contributed by atoms with Gasteiger partial charge in [0.25, 0.3) is 0 Å². The Labute approximate surface area is 184 Å². The van der Waals surface area contributed by atoms with E-state index in [0.717, 1.165) is 21.3 Å². The van der Waals surface area contributed by atoms with Gasteiger partial charge in [0.2, 0.25) is 5.12 Å². The summed E-state index contributed by atoms with van der Waals surface area (Å²) in [7, 11) is 3.87. The molecule has 0 aliphatic carbocycles. The van der Waals surface area contributed by atoms with Gasteiger partial charge in [-0.05, 0) is 25.2 Å². The normalized spacial score (nSPS) is 11.8. The Morgan fingerprint density at radius 2 is 1.80 bits per heavy atom. The van der Waals surface area contributed by atoms with Crippen molar-refractivity contribution in [2.24, 2.45) is 14.1 Å². The monoisotopic (exact) mass is 477 g/mol. The quantitative estimate of drug-likeness (QED) is 0.456. The highest BCUT2D eigenvalue weighted by molar-refractivity contribution is 8.14. The minimum Gasteiger partial charge on any atom is -0.480 e. The van der Waals surface area contributed by atoms with Crippen LogP contribution in [0.15, 0.2) is 21.7 Å². The Balaban J connectivity index is 2.47. The molecular formula is C17H17ClFN3O6S2. The van der Waals surface area contributed by atoms with Crippen LogP contribution in [-0.2, 0) is 28.4 Å². The van der Waals surface area contributed by atoms with Crippen molar-refractivity contribution in [1.82, 2.24) is 13.7 Å². The van der Waals surface area contributed by atoms with Crippen molar-refractivity contribution < 1.29 is 23.5 Å². The molecule has 2 aromatic rings. The zero-order valence-electron chi connectivity index (χ0n) is 16.3. The van der Waals surface area contributed by atoms with E-state index < -0.39 is 40.1 Å². The lowest BCUT2D eigenvalue weighted by molar-refractivity contribution is -0.137. The Kier molecular flexibility index (Phi) is 7.61. The number of carbonyl (C=O) groups excluding carboxylic acids is 2. The molecule has 1 atom stereocenters. The largest absolute Gasteiger partial charge is 0.480 e. The van der Waals surface area contributed by atoms with Crippen LogP contribution in [0, 0.1) is 10.6 Å². The highest BCUT2D eigenvalue weighted by Gasteiger charge is 2.22. The van der Waals surface area contributed by atoms with Crippen LogP contribution in [0.1, 0.15) is 6.92 Å². The molecule has 1 aromatic carbocycles. The summed E-state index contributed by atoms with van der Waals surface area (Å²) >= 11 is 11.7. The molecule has 162 valence electrons. The molecule has 0 bridgehead atoms. The van der Waals surface area contributed by atoms with E-state index in [1.54, 1.807) is 0 Å². The van der Waals surface area contributed by atoms with Crippen molar-refractivity contribution in [3.63, 3.8) is 0 Å². The average Bonchev–Trinajstić information content (AvgIpc) is 2.71. The van der Waals surface area contributed by atoms with Gasteiger partial charge < -0.3 is 9.47 Å². The first-order chi connectivity index (χ1) is 14.0. The molecule has 2 rings (SSSR count). The van der Waals surface area contributed by atoms with E-state index in [-0.39, 0.29) is 21.3 Å². The van der Waals surface area contributed by atoms with Crippen LogP contribution in [-0.4, -0.2) is 43.8 Å². The van der Waals surface area contributed by atoms with Crippen molar-refractivity contribution in [3.8, 4) is 11.4 Å². The van der Waals surface area contributed by atoms with Gasteiger partial charge in [0.05, 0.1) is 23.6 Å². The molecule has 0 radical (unpaired) electrons. The summed E-state index contributed by atoms with van der Waals surface area (Å²) in [5.41, 5.74) is -2.16. The van der Waals surface area contributed by atoms with E-state index >= 15 is 0 Å². The molecule has 0 fully saturated rings. The topological polar surface area (TPSA) is 102 Å². The number of hydrogen-bond acceptors (Lipinski definition) is 8. The van der Waals surface area contributed by atoms with Crippen LogP contribution in [0.2, 0.25) is 5.02 Å². The van der Waals surface area contributed by atoms with E-state index in [1.165, 1.54) is 28.1 Å². The van der Waals surface area contributed by atoms with Crippen molar-refractivity contribution in [1.29, 1.82) is 0 Å². The molecule has 0 saturated heterocycles. The highest BCUT2D eigenvalue weighted by atomic mass is 35.5. The molecule has 0 saturated carbocycles. The average molecular weight is 478 g/mol. The molecule has 9 nitrogen and oxygen atoms in total. The Morgan fingerprint density at radius 3 is 2.33 bits per heavy atom. The standard InChI is InChI=1S/C17H17ClFN3O6S2/c1-8(14(24)30-7-13(23)27-4)28-12-6-11(10(19)5-9(12)18)22-15(25)20(2)17(29)21(3)16(22)26/h5-6,8H,7H2,1-4H3. The Hall–Kier alpha value is -2.44. The molecule has 0 spiro atoms. The maximum Gasteiger partial charge on any atom is 0.338 e. The summed E-state index contributed by atoms with van der Waals surface area (Å²) in [6.45, 7) is 1.41. The zero-order chi connectivity index (χ0) is 22.7. The summed E-state index contributed by atoms with van der Waals surface area (Å²) in [5, 5.41) is -0.680. The number of rotatable bonds is 6.